The monoisotopic (exact) mass is 372 g/mol. The van der Waals surface area contributed by atoms with Crippen LogP contribution in [0.1, 0.15) is 35.2 Å². The molecule has 1 fully saturated rings. The first-order valence-corrected chi connectivity index (χ1v) is 9.90. The van der Waals surface area contributed by atoms with Crippen LogP contribution in [-0.4, -0.2) is 34.7 Å². The van der Waals surface area contributed by atoms with Gasteiger partial charge in [0.1, 0.15) is 0 Å². The molecule has 1 aromatic heterocycles. The van der Waals surface area contributed by atoms with Crippen molar-refractivity contribution in [2.24, 2.45) is 5.92 Å². The molecule has 1 aliphatic heterocycles. The number of nitrogens with zero attached hydrogens (tertiary/aromatic N) is 2. The van der Waals surface area contributed by atoms with E-state index in [1.165, 1.54) is 0 Å². The smallest absolute Gasteiger partial charge is 0.222 e. The summed E-state index contributed by atoms with van der Waals surface area (Å²) < 4.78 is 0. The normalized spacial score (nSPS) is 16.9. The second kappa shape index (κ2) is 8.34. The summed E-state index contributed by atoms with van der Waals surface area (Å²) in [5, 5.41) is 2.21. The average Bonchev–Trinajstić information content (AvgIpc) is 2.77. The third-order valence-corrected chi connectivity index (χ3v) is 5.56. The lowest BCUT2D eigenvalue weighted by Gasteiger charge is -2.32. The van der Waals surface area contributed by atoms with Crippen LogP contribution in [-0.2, 0) is 11.2 Å². The number of benzene rings is 2. The molecule has 142 valence electrons. The number of rotatable bonds is 5. The van der Waals surface area contributed by atoms with E-state index in [1.54, 1.807) is 12.4 Å². The number of Topliss-reactive ketones (excluding diaryl/α,β-unsaturated/α-hetero) is 1. The molecular formula is C24H24N2O2. The van der Waals surface area contributed by atoms with Crippen molar-refractivity contribution in [2.75, 3.05) is 13.1 Å². The molecule has 28 heavy (non-hydrogen) atoms. The summed E-state index contributed by atoms with van der Waals surface area (Å²) in [6.07, 6.45) is 6.41. The van der Waals surface area contributed by atoms with Gasteiger partial charge in [-0.2, -0.15) is 0 Å². The van der Waals surface area contributed by atoms with E-state index in [4.69, 9.17) is 0 Å². The quantitative estimate of drug-likeness (QED) is 0.628. The molecule has 4 nitrogen and oxygen atoms in total. The molecule has 3 aromatic rings. The number of hydrogen-bond donors (Lipinski definition) is 0. The zero-order valence-corrected chi connectivity index (χ0v) is 15.9. The van der Waals surface area contributed by atoms with Gasteiger partial charge in [-0.1, -0.05) is 36.4 Å². The van der Waals surface area contributed by atoms with E-state index in [0.717, 1.165) is 41.3 Å². The zero-order valence-electron chi connectivity index (χ0n) is 15.9. The van der Waals surface area contributed by atoms with Crippen LogP contribution >= 0.6 is 0 Å². The molecule has 0 spiro atoms. The minimum Gasteiger partial charge on any atom is -0.342 e. The highest BCUT2D eigenvalue weighted by Gasteiger charge is 2.28. The first-order chi connectivity index (χ1) is 13.7. The van der Waals surface area contributed by atoms with Gasteiger partial charge < -0.3 is 4.90 Å². The van der Waals surface area contributed by atoms with Gasteiger partial charge in [-0.25, -0.2) is 0 Å². The summed E-state index contributed by atoms with van der Waals surface area (Å²) in [6, 6.07) is 17.8. The van der Waals surface area contributed by atoms with Crippen molar-refractivity contribution in [1.29, 1.82) is 0 Å². The molecule has 0 saturated carbocycles. The lowest BCUT2D eigenvalue weighted by molar-refractivity contribution is -0.132. The van der Waals surface area contributed by atoms with Gasteiger partial charge in [0.25, 0.3) is 0 Å². The van der Waals surface area contributed by atoms with Gasteiger partial charge in [-0.15, -0.1) is 0 Å². The summed E-state index contributed by atoms with van der Waals surface area (Å²) in [5.41, 5.74) is 1.86. The van der Waals surface area contributed by atoms with Crippen LogP contribution in [0.3, 0.4) is 0 Å². The minimum absolute atomic E-state index is 0.111. The van der Waals surface area contributed by atoms with Crippen molar-refractivity contribution < 1.29 is 9.59 Å². The van der Waals surface area contributed by atoms with Gasteiger partial charge in [0.05, 0.1) is 0 Å². The third-order valence-electron chi connectivity index (χ3n) is 5.56. The van der Waals surface area contributed by atoms with E-state index in [0.29, 0.717) is 19.4 Å². The van der Waals surface area contributed by atoms with Crippen molar-refractivity contribution in [3.05, 3.63) is 78.1 Å². The summed E-state index contributed by atoms with van der Waals surface area (Å²) in [7, 11) is 0. The van der Waals surface area contributed by atoms with Crippen molar-refractivity contribution in [2.45, 2.75) is 25.7 Å². The average molecular weight is 372 g/mol. The number of pyridine rings is 1. The van der Waals surface area contributed by atoms with Gasteiger partial charge in [-0.05, 0) is 53.8 Å². The molecular weight excluding hydrogens is 348 g/mol. The van der Waals surface area contributed by atoms with Gasteiger partial charge >= 0.3 is 0 Å². The molecule has 1 atom stereocenters. The van der Waals surface area contributed by atoms with Crippen molar-refractivity contribution in [3.63, 3.8) is 0 Å². The molecule has 0 bridgehead atoms. The van der Waals surface area contributed by atoms with E-state index >= 15 is 0 Å². The van der Waals surface area contributed by atoms with E-state index in [9.17, 15) is 9.59 Å². The summed E-state index contributed by atoms with van der Waals surface area (Å²) in [6.45, 7) is 1.28. The van der Waals surface area contributed by atoms with Gasteiger partial charge in [0.2, 0.25) is 5.91 Å². The fourth-order valence-corrected chi connectivity index (χ4v) is 3.95. The number of carbonyl (C=O) groups excluding carboxylic acids is 2. The highest BCUT2D eigenvalue weighted by molar-refractivity contribution is 6.01. The largest absolute Gasteiger partial charge is 0.342 e. The van der Waals surface area contributed by atoms with Crippen LogP contribution in [0.5, 0.6) is 0 Å². The number of hydrogen-bond acceptors (Lipinski definition) is 3. The first-order valence-electron chi connectivity index (χ1n) is 9.90. The van der Waals surface area contributed by atoms with Crippen LogP contribution in [0, 0.1) is 5.92 Å². The second-order valence-electron chi connectivity index (χ2n) is 7.46. The molecule has 0 N–H and O–H groups in total. The number of likely N-dealkylation sites (tertiary alicyclic amines) is 1. The number of ketones is 1. The van der Waals surface area contributed by atoms with E-state index in [-0.39, 0.29) is 17.6 Å². The first kappa shape index (κ1) is 18.4. The fraction of sp³-hybridized carbons (Fsp3) is 0.292. The third kappa shape index (κ3) is 4.11. The van der Waals surface area contributed by atoms with Gasteiger partial charge in [0, 0.05) is 43.4 Å². The Kier molecular flexibility index (Phi) is 5.47. The zero-order chi connectivity index (χ0) is 19.3. The highest BCUT2D eigenvalue weighted by atomic mass is 16.2. The number of aryl methyl sites for hydroxylation is 1. The van der Waals surface area contributed by atoms with Crippen LogP contribution in [0.4, 0.5) is 0 Å². The van der Waals surface area contributed by atoms with Crippen molar-refractivity contribution in [3.8, 4) is 0 Å². The van der Waals surface area contributed by atoms with Crippen LogP contribution in [0.25, 0.3) is 10.8 Å². The Balaban J connectivity index is 1.40. The SMILES string of the molecule is O=C(c1ccc2ccccc2c1)C1CCCN(C(=O)CCc2ccncc2)C1. The lowest BCUT2D eigenvalue weighted by Crippen LogP contribution is -2.42. The van der Waals surface area contributed by atoms with Crippen LogP contribution in [0.15, 0.2) is 67.0 Å². The molecule has 4 heteroatoms. The summed E-state index contributed by atoms with van der Waals surface area (Å²) in [4.78, 5) is 31.6. The number of fused-ring (bicyclic) bond motifs is 1. The van der Waals surface area contributed by atoms with E-state index in [1.807, 2.05) is 59.5 Å². The Labute approximate surface area is 165 Å². The lowest BCUT2D eigenvalue weighted by atomic mass is 9.89. The molecule has 0 aliphatic carbocycles. The van der Waals surface area contributed by atoms with Crippen molar-refractivity contribution in [1.82, 2.24) is 9.88 Å². The minimum atomic E-state index is -0.111. The summed E-state index contributed by atoms with van der Waals surface area (Å²) >= 11 is 0. The predicted molar refractivity (Wildman–Crippen MR) is 110 cm³/mol. The van der Waals surface area contributed by atoms with E-state index < -0.39 is 0 Å². The van der Waals surface area contributed by atoms with Gasteiger partial charge in [0.15, 0.2) is 5.78 Å². The Bertz CT molecular complexity index is 984. The maximum absolute atomic E-state index is 13.0. The van der Waals surface area contributed by atoms with Crippen molar-refractivity contribution >= 4 is 22.5 Å². The molecule has 1 saturated heterocycles. The molecule has 2 heterocycles. The van der Waals surface area contributed by atoms with Gasteiger partial charge in [-0.3, -0.25) is 14.6 Å². The fourth-order valence-electron chi connectivity index (χ4n) is 3.95. The molecule has 1 unspecified atom stereocenters. The highest BCUT2D eigenvalue weighted by Crippen LogP contribution is 2.24. The van der Waals surface area contributed by atoms with E-state index in [2.05, 4.69) is 4.98 Å². The Morgan fingerprint density at radius 3 is 2.61 bits per heavy atom. The summed E-state index contributed by atoms with van der Waals surface area (Å²) in [5.74, 6) is 0.171. The Morgan fingerprint density at radius 1 is 1.00 bits per heavy atom. The second-order valence-corrected chi connectivity index (χ2v) is 7.46. The number of carbonyl (C=O) groups is 2. The number of piperidine rings is 1. The molecule has 1 aliphatic rings. The topological polar surface area (TPSA) is 50.3 Å². The molecule has 0 radical (unpaired) electrons. The Morgan fingerprint density at radius 2 is 1.79 bits per heavy atom. The molecule has 2 aromatic carbocycles. The molecule has 1 amide bonds. The predicted octanol–water partition coefficient (Wildman–Crippen LogP) is 4.29. The Hall–Kier alpha value is -3.01. The molecule has 4 rings (SSSR count). The number of aromatic nitrogens is 1. The maximum Gasteiger partial charge on any atom is 0.222 e. The number of amides is 1. The van der Waals surface area contributed by atoms with Crippen LogP contribution < -0.4 is 0 Å². The standard InChI is InChI=1S/C24H24N2O2/c27-23(10-7-18-11-13-25-14-12-18)26-15-3-6-22(17-26)24(28)21-9-8-19-4-1-2-5-20(19)16-21/h1-2,4-5,8-9,11-14,16,22H,3,6-7,10,15,17H2. The van der Waals surface area contributed by atoms with Crippen LogP contribution in [0.2, 0.25) is 0 Å². The maximum atomic E-state index is 13.0.